The molecule has 0 fully saturated rings. The Hall–Kier alpha value is -1.60. The highest BCUT2D eigenvalue weighted by Crippen LogP contribution is 2.25. The van der Waals surface area contributed by atoms with E-state index in [1.165, 1.54) is 6.92 Å². The van der Waals surface area contributed by atoms with Crippen LogP contribution in [0.5, 0.6) is 0 Å². The average Bonchev–Trinajstić information content (AvgIpc) is 2.26. The lowest BCUT2D eigenvalue weighted by Gasteiger charge is -2.19. The van der Waals surface area contributed by atoms with Gasteiger partial charge in [-0.25, -0.2) is 13.2 Å². The summed E-state index contributed by atoms with van der Waals surface area (Å²) in [6.45, 7) is 1.31. The number of carbonyl (C=O) groups is 1. The van der Waals surface area contributed by atoms with Crippen molar-refractivity contribution in [2.24, 2.45) is 0 Å². The highest BCUT2D eigenvalue weighted by molar-refractivity contribution is 5.72. The molecule has 0 aliphatic heterocycles. The average molecular weight is 277 g/mol. The maximum Gasteiger partial charge on any atom is 0.216 e. The molecule has 19 heavy (non-hydrogen) atoms. The van der Waals surface area contributed by atoms with Crippen LogP contribution in [-0.2, 0) is 4.79 Å². The smallest absolute Gasteiger partial charge is 0.216 e. The first-order valence-electron chi connectivity index (χ1n) is 5.58. The van der Waals surface area contributed by atoms with E-state index < -0.39 is 35.2 Å². The fourth-order valence-electron chi connectivity index (χ4n) is 1.58. The summed E-state index contributed by atoms with van der Waals surface area (Å²) in [5, 5.41) is 21.6. The van der Waals surface area contributed by atoms with Gasteiger partial charge in [-0.3, -0.25) is 4.79 Å². The maximum atomic E-state index is 13.4. The van der Waals surface area contributed by atoms with E-state index in [0.717, 1.165) is 0 Å². The summed E-state index contributed by atoms with van der Waals surface area (Å²) in [6.07, 6.45) is -3.42. The van der Waals surface area contributed by atoms with E-state index in [1.807, 2.05) is 0 Å². The van der Waals surface area contributed by atoms with E-state index in [0.29, 0.717) is 12.1 Å². The third-order valence-electron chi connectivity index (χ3n) is 2.52. The molecule has 0 heterocycles. The standard InChI is InChI=1S/C12H14F3NO3/c1-6(17)16-3-2-10(18)12(19)11-8(14)4-7(13)5-9(11)15/h4-5,10,12,18-19H,2-3H2,1H3,(H,16,17). The molecular weight excluding hydrogens is 263 g/mol. The number of hydrogen-bond donors (Lipinski definition) is 3. The van der Waals surface area contributed by atoms with E-state index in [2.05, 4.69) is 5.32 Å². The van der Waals surface area contributed by atoms with Crippen molar-refractivity contribution in [2.45, 2.75) is 25.6 Å². The molecule has 2 atom stereocenters. The summed E-state index contributed by atoms with van der Waals surface area (Å²) in [6, 6.07) is 0.838. The lowest BCUT2D eigenvalue weighted by molar-refractivity contribution is -0.119. The quantitative estimate of drug-likeness (QED) is 0.752. The van der Waals surface area contributed by atoms with E-state index in [4.69, 9.17) is 0 Å². The summed E-state index contributed by atoms with van der Waals surface area (Å²) in [4.78, 5) is 10.6. The van der Waals surface area contributed by atoms with Crippen molar-refractivity contribution >= 4 is 5.91 Å². The minimum Gasteiger partial charge on any atom is -0.390 e. The molecular formula is C12H14F3NO3. The fourth-order valence-corrected chi connectivity index (χ4v) is 1.58. The molecule has 1 rings (SSSR count). The van der Waals surface area contributed by atoms with Gasteiger partial charge in [-0.15, -0.1) is 0 Å². The molecule has 106 valence electrons. The second-order valence-electron chi connectivity index (χ2n) is 4.07. The van der Waals surface area contributed by atoms with Crippen LogP contribution in [0.1, 0.15) is 25.0 Å². The van der Waals surface area contributed by atoms with Crippen LogP contribution in [-0.4, -0.2) is 28.8 Å². The van der Waals surface area contributed by atoms with Crippen molar-refractivity contribution in [3.8, 4) is 0 Å². The minimum atomic E-state index is -1.84. The van der Waals surface area contributed by atoms with Crippen molar-refractivity contribution in [3.63, 3.8) is 0 Å². The normalized spacial score (nSPS) is 14.0. The first-order chi connectivity index (χ1) is 8.82. The Morgan fingerprint density at radius 2 is 1.79 bits per heavy atom. The first-order valence-corrected chi connectivity index (χ1v) is 5.58. The molecule has 1 aromatic rings. The molecule has 0 aliphatic carbocycles. The van der Waals surface area contributed by atoms with Crippen molar-refractivity contribution < 1.29 is 28.2 Å². The van der Waals surface area contributed by atoms with Crippen molar-refractivity contribution in [1.82, 2.24) is 5.32 Å². The van der Waals surface area contributed by atoms with Crippen molar-refractivity contribution in [2.75, 3.05) is 6.54 Å². The van der Waals surface area contributed by atoms with Crippen LogP contribution in [0.2, 0.25) is 0 Å². The minimum absolute atomic E-state index is 0.0397. The molecule has 1 amide bonds. The number of amides is 1. The van der Waals surface area contributed by atoms with Crippen LogP contribution in [0.3, 0.4) is 0 Å². The van der Waals surface area contributed by atoms with Gasteiger partial charge in [-0.2, -0.15) is 0 Å². The van der Waals surface area contributed by atoms with Gasteiger partial charge in [-0.1, -0.05) is 0 Å². The lowest BCUT2D eigenvalue weighted by atomic mass is 10.0. The topological polar surface area (TPSA) is 69.6 Å². The fraction of sp³-hybridized carbons (Fsp3) is 0.417. The van der Waals surface area contributed by atoms with Crippen LogP contribution in [0.25, 0.3) is 0 Å². The molecule has 1 aromatic carbocycles. The van der Waals surface area contributed by atoms with Gasteiger partial charge < -0.3 is 15.5 Å². The molecule has 0 bridgehead atoms. The Bertz CT molecular complexity index is 445. The van der Waals surface area contributed by atoms with Gasteiger partial charge in [0.1, 0.15) is 23.6 Å². The van der Waals surface area contributed by atoms with Crippen LogP contribution >= 0.6 is 0 Å². The molecule has 0 spiro atoms. The zero-order valence-electron chi connectivity index (χ0n) is 10.2. The number of hydrogen-bond acceptors (Lipinski definition) is 3. The highest BCUT2D eigenvalue weighted by Gasteiger charge is 2.25. The summed E-state index contributed by atoms with van der Waals surface area (Å²) >= 11 is 0. The number of aliphatic hydroxyl groups excluding tert-OH is 2. The monoisotopic (exact) mass is 277 g/mol. The third-order valence-corrected chi connectivity index (χ3v) is 2.52. The molecule has 0 radical (unpaired) electrons. The molecule has 3 N–H and O–H groups in total. The van der Waals surface area contributed by atoms with Crippen molar-refractivity contribution in [1.29, 1.82) is 0 Å². The predicted octanol–water partition coefficient (Wildman–Crippen LogP) is 1.02. The van der Waals surface area contributed by atoms with E-state index in [9.17, 15) is 28.2 Å². The van der Waals surface area contributed by atoms with Gasteiger partial charge in [-0.05, 0) is 6.42 Å². The van der Waals surface area contributed by atoms with Gasteiger partial charge in [0.25, 0.3) is 0 Å². The van der Waals surface area contributed by atoms with Crippen LogP contribution in [0.4, 0.5) is 13.2 Å². The molecule has 2 unspecified atom stereocenters. The molecule has 0 saturated heterocycles. The first kappa shape index (κ1) is 15.5. The summed E-state index contributed by atoms with van der Waals surface area (Å²) < 4.78 is 39.4. The summed E-state index contributed by atoms with van der Waals surface area (Å²) in [5.74, 6) is -3.99. The number of carbonyl (C=O) groups excluding carboxylic acids is 1. The molecule has 0 saturated carbocycles. The zero-order valence-corrected chi connectivity index (χ0v) is 10.2. The summed E-state index contributed by atoms with van der Waals surface area (Å²) in [5.41, 5.74) is -0.795. The van der Waals surface area contributed by atoms with E-state index in [-0.39, 0.29) is 18.9 Å². The second kappa shape index (κ2) is 6.53. The van der Waals surface area contributed by atoms with Gasteiger partial charge in [0.05, 0.1) is 11.7 Å². The number of aliphatic hydroxyl groups is 2. The molecule has 0 aliphatic rings. The van der Waals surface area contributed by atoms with Gasteiger partial charge >= 0.3 is 0 Å². The Morgan fingerprint density at radius 1 is 1.26 bits per heavy atom. The Labute approximate surface area is 107 Å². The highest BCUT2D eigenvalue weighted by atomic mass is 19.1. The Morgan fingerprint density at radius 3 is 2.26 bits per heavy atom. The largest absolute Gasteiger partial charge is 0.390 e. The van der Waals surface area contributed by atoms with Gasteiger partial charge in [0.15, 0.2) is 0 Å². The van der Waals surface area contributed by atoms with E-state index >= 15 is 0 Å². The van der Waals surface area contributed by atoms with Crippen LogP contribution in [0, 0.1) is 17.5 Å². The number of rotatable bonds is 5. The molecule has 4 nitrogen and oxygen atoms in total. The zero-order chi connectivity index (χ0) is 14.6. The molecule has 0 aromatic heterocycles. The van der Waals surface area contributed by atoms with Crippen LogP contribution < -0.4 is 5.32 Å². The van der Waals surface area contributed by atoms with E-state index in [1.54, 1.807) is 0 Å². The van der Waals surface area contributed by atoms with Crippen LogP contribution in [0.15, 0.2) is 12.1 Å². The lowest BCUT2D eigenvalue weighted by Crippen LogP contribution is -2.28. The maximum absolute atomic E-state index is 13.4. The Kier molecular flexibility index (Phi) is 5.31. The third kappa shape index (κ3) is 4.22. The number of nitrogens with one attached hydrogen (secondary N) is 1. The molecule has 7 heteroatoms. The SMILES string of the molecule is CC(=O)NCCC(O)C(O)c1c(F)cc(F)cc1F. The van der Waals surface area contributed by atoms with Gasteiger partial charge in [0.2, 0.25) is 5.91 Å². The van der Waals surface area contributed by atoms with Gasteiger partial charge in [0, 0.05) is 25.6 Å². The van der Waals surface area contributed by atoms with Crippen molar-refractivity contribution in [3.05, 3.63) is 35.1 Å². The number of halogens is 3. The number of benzene rings is 1. The summed E-state index contributed by atoms with van der Waals surface area (Å²) in [7, 11) is 0. The second-order valence-corrected chi connectivity index (χ2v) is 4.07. The predicted molar refractivity (Wildman–Crippen MR) is 60.6 cm³/mol. The Balaban J connectivity index is 2.76.